The molecular weight excluding hydrogens is 294 g/mol. The van der Waals surface area contributed by atoms with E-state index >= 15 is 0 Å². The number of nitrogens with one attached hydrogen (secondary N) is 2. The van der Waals surface area contributed by atoms with Gasteiger partial charge in [-0.2, -0.15) is 10.2 Å². The highest BCUT2D eigenvalue weighted by atomic mass is 16.3. The summed E-state index contributed by atoms with van der Waals surface area (Å²) in [7, 11) is 1.86. The molecule has 0 bridgehead atoms. The van der Waals surface area contributed by atoms with Crippen LogP contribution >= 0.6 is 0 Å². The summed E-state index contributed by atoms with van der Waals surface area (Å²) >= 11 is 0. The van der Waals surface area contributed by atoms with E-state index in [2.05, 4.69) is 20.6 Å². The molecule has 0 fully saturated rings. The molecule has 0 aromatic carbocycles. The van der Waals surface area contributed by atoms with Gasteiger partial charge in [-0.1, -0.05) is 6.92 Å². The molecule has 2 N–H and O–H groups in total. The average molecular weight is 313 g/mol. The minimum absolute atomic E-state index is 0.110. The Morgan fingerprint density at radius 2 is 2.26 bits per heavy atom. The third-order valence-corrected chi connectivity index (χ3v) is 3.75. The number of rotatable bonds is 5. The molecule has 0 saturated heterocycles. The van der Waals surface area contributed by atoms with Crippen LogP contribution < -0.4 is 5.32 Å². The fourth-order valence-electron chi connectivity index (χ4n) is 2.49. The second kappa shape index (κ2) is 6.12. The van der Waals surface area contributed by atoms with Gasteiger partial charge in [-0.15, -0.1) is 0 Å². The quantitative estimate of drug-likeness (QED) is 0.757. The summed E-state index contributed by atoms with van der Waals surface area (Å²) < 4.78 is 7.28. The molecule has 3 aromatic heterocycles. The number of aryl methyl sites for hydroxylation is 2. The molecule has 3 rings (SSSR count). The van der Waals surface area contributed by atoms with Crippen LogP contribution in [0.4, 0.5) is 0 Å². The lowest BCUT2D eigenvalue weighted by Crippen LogP contribution is -2.29. The van der Waals surface area contributed by atoms with Gasteiger partial charge in [-0.3, -0.25) is 14.6 Å². The van der Waals surface area contributed by atoms with Crippen molar-refractivity contribution in [1.29, 1.82) is 0 Å². The first-order valence-corrected chi connectivity index (χ1v) is 7.49. The number of nitrogens with zero attached hydrogens (tertiary/aromatic N) is 3. The number of carbonyl (C=O) groups is 1. The number of amides is 1. The van der Waals surface area contributed by atoms with Gasteiger partial charge in [0.25, 0.3) is 5.91 Å². The largest absolute Gasteiger partial charge is 0.460 e. The fraction of sp³-hybridized carbons (Fsp3) is 0.312. The Morgan fingerprint density at radius 3 is 2.87 bits per heavy atom. The summed E-state index contributed by atoms with van der Waals surface area (Å²) in [5.41, 5.74) is 1.96. The molecular formula is C16H19N5O2. The van der Waals surface area contributed by atoms with Crippen molar-refractivity contribution in [3.63, 3.8) is 0 Å². The Morgan fingerprint density at radius 1 is 1.43 bits per heavy atom. The van der Waals surface area contributed by atoms with E-state index in [1.165, 1.54) is 0 Å². The Bertz CT molecular complexity index is 814. The minimum Gasteiger partial charge on any atom is -0.460 e. The van der Waals surface area contributed by atoms with Gasteiger partial charge in [0, 0.05) is 19.3 Å². The number of aromatic nitrogens is 4. The number of furan rings is 1. The van der Waals surface area contributed by atoms with Gasteiger partial charge in [-0.05, 0) is 31.5 Å². The molecule has 23 heavy (non-hydrogen) atoms. The van der Waals surface area contributed by atoms with Crippen molar-refractivity contribution >= 4 is 5.91 Å². The predicted octanol–water partition coefficient (Wildman–Crippen LogP) is 2.59. The lowest BCUT2D eigenvalue weighted by molar-refractivity contribution is 0.0929. The molecule has 0 saturated carbocycles. The van der Waals surface area contributed by atoms with Crippen LogP contribution in [-0.4, -0.2) is 25.9 Å². The highest BCUT2D eigenvalue weighted by Gasteiger charge is 2.19. The second-order valence-electron chi connectivity index (χ2n) is 5.39. The van der Waals surface area contributed by atoms with Crippen molar-refractivity contribution in [1.82, 2.24) is 25.3 Å². The van der Waals surface area contributed by atoms with E-state index in [-0.39, 0.29) is 11.9 Å². The van der Waals surface area contributed by atoms with Crippen LogP contribution in [0.1, 0.15) is 41.3 Å². The molecule has 0 aliphatic heterocycles. The molecule has 0 aliphatic carbocycles. The lowest BCUT2D eigenvalue weighted by Gasteiger charge is -2.16. The first kappa shape index (κ1) is 15.1. The first-order valence-electron chi connectivity index (χ1n) is 7.49. The summed E-state index contributed by atoms with van der Waals surface area (Å²) in [6, 6.07) is 7.18. The van der Waals surface area contributed by atoms with Crippen LogP contribution in [-0.2, 0) is 7.05 Å². The van der Waals surface area contributed by atoms with Gasteiger partial charge in [0.15, 0.2) is 11.5 Å². The summed E-state index contributed by atoms with van der Waals surface area (Å²) in [5, 5.41) is 14.0. The van der Waals surface area contributed by atoms with Crippen LogP contribution in [0.25, 0.3) is 11.5 Å². The van der Waals surface area contributed by atoms with E-state index < -0.39 is 0 Å². The zero-order valence-electron chi connectivity index (χ0n) is 13.3. The summed E-state index contributed by atoms with van der Waals surface area (Å²) in [6.45, 7) is 3.88. The monoisotopic (exact) mass is 313 g/mol. The van der Waals surface area contributed by atoms with E-state index in [1.54, 1.807) is 16.9 Å². The standard InChI is InChI=1S/C16H19N5O2/c1-4-11(14-7-8-17-21(14)3)18-16(22)13-9-12(19-20-13)15-6-5-10(2)23-15/h5-9,11H,4H2,1-3H3,(H,18,22)(H,19,20)/t11-/m1/s1. The molecule has 0 radical (unpaired) electrons. The average Bonchev–Trinajstić information content (AvgIpc) is 3.25. The van der Waals surface area contributed by atoms with Crippen molar-refractivity contribution in [2.24, 2.45) is 7.05 Å². The molecule has 3 aromatic rings. The normalized spacial score (nSPS) is 12.3. The molecule has 120 valence electrons. The van der Waals surface area contributed by atoms with E-state index in [0.717, 1.165) is 17.9 Å². The topological polar surface area (TPSA) is 88.7 Å². The minimum atomic E-state index is -0.233. The van der Waals surface area contributed by atoms with Crippen molar-refractivity contribution in [3.05, 3.63) is 47.6 Å². The van der Waals surface area contributed by atoms with Gasteiger partial charge in [0.2, 0.25) is 0 Å². The maximum absolute atomic E-state index is 12.4. The van der Waals surface area contributed by atoms with E-state index in [9.17, 15) is 4.79 Å². The maximum Gasteiger partial charge on any atom is 0.272 e. The Hall–Kier alpha value is -2.83. The molecule has 0 aliphatic rings. The molecule has 1 atom stereocenters. The summed E-state index contributed by atoms with van der Waals surface area (Å²) in [5.74, 6) is 1.24. The van der Waals surface area contributed by atoms with Gasteiger partial charge in [0.05, 0.1) is 11.7 Å². The van der Waals surface area contributed by atoms with Gasteiger partial charge < -0.3 is 9.73 Å². The zero-order chi connectivity index (χ0) is 16.4. The number of carbonyl (C=O) groups excluding carboxylic acids is 1. The first-order chi connectivity index (χ1) is 11.1. The number of aromatic amines is 1. The van der Waals surface area contributed by atoms with Crippen LogP contribution in [0.5, 0.6) is 0 Å². The summed E-state index contributed by atoms with van der Waals surface area (Å²) in [6.07, 6.45) is 2.48. The molecule has 7 heteroatoms. The number of hydrogen-bond acceptors (Lipinski definition) is 4. The van der Waals surface area contributed by atoms with Crippen molar-refractivity contribution in [2.45, 2.75) is 26.3 Å². The van der Waals surface area contributed by atoms with Crippen molar-refractivity contribution < 1.29 is 9.21 Å². The number of hydrogen-bond donors (Lipinski definition) is 2. The Balaban J connectivity index is 1.76. The van der Waals surface area contributed by atoms with Gasteiger partial charge in [-0.25, -0.2) is 0 Å². The molecule has 0 spiro atoms. The molecule has 3 heterocycles. The second-order valence-corrected chi connectivity index (χ2v) is 5.39. The third kappa shape index (κ3) is 3.03. The highest BCUT2D eigenvalue weighted by molar-refractivity contribution is 5.93. The van der Waals surface area contributed by atoms with E-state index in [0.29, 0.717) is 17.1 Å². The number of H-pyrrole nitrogens is 1. The molecule has 0 unspecified atom stereocenters. The Kier molecular flexibility index (Phi) is 4.01. The smallest absolute Gasteiger partial charge is 0.272 e. The maximum atomic E-state index is 12.4. The molecule has 1 amide bonds. The van der Waals surface area contributed by atoms with E-state index in [4.69, 9.17) is 4.42 Å². The third-order valence-electron chi connectivity index (χ3n) is 3.75. The lowest BCUT2D eigenvalue weighted by atomic mass is 10.1. The molecule has 7 nitrogen and oxygen atoms in total. The van der Waals surface area contributed by atoms with Gasteiger partial charge in [0.1, 0.15) is 11.5 Å². The van der Waals surface area contributed by atoms with Crippen molar-refractivity contribution in [2.75, 3.05) is 0 Å². The SMILES string of the molecule is CC[C@@H](NC(=O)c1cc(-c2ccc(C)o2)[nH]n1)c1ccnn1C. The highest BCUT2D eigenvalue weighted by Crippen LogP contribution is 2.21. The van der Waals surface area contributed by atoms with Crippen LogP contribution in [0.15, 0.2) is 34.9 Å². The predicted molar refractivity (Wildman–Crippen MR) is 84.7 cm³/mol. The van der Waals surface area contributed by atoms with Crippen LogP contribution in [0.3, 0.4) is 0 Å². The van der Waals surface area contributed by atoms with Crippen molar-refractivity contribution in [3.8, 4) is 11.5 Å². The van der Waals surface area contributed by atoms with E-state index in [1.807, 2.05) is 39.1 Å². The summed E-state index contributed by atoms with van der Waals surface area (Å²) in [4.78, 5) is 12.4. The van der Waals surface area contributed by atoms with Crippen LogP contribution in [0.2, 0.25) is 0 Å². The Labute approximate surface area is 133 Å². The zero-order valence-corrected chi connectivity index (χ0v) is 13.3. The van der Waals surface area contributed by atoms with Gasteiger partial charge >= 0.3 is 0 Å². The van der Waals surface area contributed by atoms with Crippen LogP contribution in [0, 0.1) is 6.92 Å². The fourth-order valence-corrected chi connectivity index (χ4v) is 2.49.